The number of pyridine rings is 1. The van der Waals surface area contributed by atoms with Gasteiger partial charge in [0, 0.05) is 11.4 Å². The van der Waals surface area contributed by atoms with E-state index in [2.05, 4.69) is 19.6 Å². The number of fused-ring (bicyclic) bond motifs is 1. The largest absolute Gasteiger partial charge is 0.383 e. The molecule has 2 aromatic rings. The molecule has 0 bridgehead atoms. The van der Waals surface area contributed by atoms with Crippen LogP contribution in [0.25, 0.3) is 0 Å². The highest BCUT2D eigenvalue weighted by Crippen LogP contribution is 2.32. The molecule has 2 aromatic heterocycles. The molecule has 3 rings (SSSR count). The van der Waals surface area contributed by atoms with Gasteiger partial charge in [-0.25, -0.2) is 27.9 Å². The quantitative estimate of drug-likeness (QED) is 0.685. The normalized spacial score (nSPS) is 16.0. The molecule has 2 heterocycles. The van der Waals surface area contributed by atoms with Gasteiger partial charge < -0.3 is 10.4 Å². The van der Waals surface area contributed by atoms with Crippen LogP contribution in [0.4, 0.5) is 19.3 Å². The molecule has 1 atom stereocenters. The zero-order chi connectivity index (χ0) is 20.7. The fraction of sp³-hybridized carbons (Fsp3) is 0.438. The van der Waals surface area contributed by atoms with Crippen molar-refractivity contribution in [1.82, 2.24) is 9.97 Å². The van der Waals surface area contributed by atoms with Crippen LogP contribution in [0.15, 0.2) is 20.8 Å². The van der Waals surface area contributed by atoms with Gasteiger partial charge in [-0.1, -0.05) is 0 Å². The smallest absolute Gasteiger partial charge is 0.354 e. The summed E-state index contributed by atoms with van der Waals surface area (Å²) < 4.78 is 42.3. The first kappa shape index (κ1) is 20.7. The van der Waals surface area contributed by atoms with Crippen molar-refractivity contribution in [2.24, 2.45) is 9.50 Å². The summed E-state index contributed by atoms with van der Waals surface area (Å²) in [6, 6.07) is 0.0749. The average molecular weight is 431 g/mol. The van der Waals surface area contributed by atoms with Crippen LogP contribution in [0, 0.1) is 0 Å². The third-order valence-electron chi connectivity index (χ3n) is 4.05. The summed E-state index contributed by atoms with van der Waals surface area (Å²) in [5, 5.41) is 18.3. The second kappa shape index (κ2) is 7.43. The Morgan fingerprint density at radius 3 is 2.79 bits per heavy atom. The molecule has 0 saturated heterocycles. The Balaban J connectivity index is 1.89. The van der Waals surface area contributed by atoms with E-state index in [4.69, 9.17) is 5.14 Å². The number of nitrogens with one attached hydrogen (secondary N) is 1. The lowest BCUT2D eigenvalue weighted by atomic mass is 10.1. The standard InChI is InChI=1S/C16H19F2N5O3S2/c1-16(2,25)14-20-7-12(27-14)28(19,26)23-15(24)22-10-6-11(13(17)18)21-9-5-3-4-8(9)10/h6-7,13,25H,3-5H2,1-2H3,(H3,19,21,22,23,24,26). The van der Waals surface area contributed by atoms with Crippen molar-refractivity contribution in [3.05, 3.63) is 34.2 Å². The molecule has 0 radical (unpaired) electrons. The molecule has 0 aliphatic heterocycles. The minimum Gasteiger partial charge on any atom is -0.383 e. The highest BCUT2D eigenvalue weighted by atomic mass is 32.2. The van der Waals surface area contributed by atoms with E-state index in [-0.39, 0.29) is 14.9 Å². The molecule has 0 aromatic carbocycles. The van der Waals surface area contributed by atoms with Crippen LogP contribution in [0.2, 0.25) is 0 Å². The number of carbonyl (C=O) groups excluding carboxylic acids is 1. The summed E-state index contributed by atoms with van der Waals surface area (Å²) >= 11 is 0.877. The number of aliphatic hydroxyl groups is 1. The molecule has 8 nitrogen and oxygen atoms in total. The predicted molar refractivity (Wildman–Crippen MR) is 101 cm³/mol. The number of thiazole rings is 1. The van der Waals surface area contributed by atoms with Crippen LogP contribution in [-0.4, -0.2) is 25.3 Å². The molecule has 28 heavy (non-hydrogen) atoms. The van der Waals surface area contributed by atoms with E-state index in [9.17, 15) is 22.9 Å². The molecule has 4 N–H and O–H groups in total. The summed E-state index contributed by atoms with van der Waals surface area (Å²) in [4.78, 5) is 20.2. The summed E-state index contributed by atoms with van der Waals surface area (Å²) in [5.41, 5.74) is -0.355. The number of amides is 2. The number of rotatable bonds is 4. The van der Waals surface area contributed by atoms with E-state index >= 15 is 0 Å². The maximum Gasteiger partial charge on any atom is 0.354 e. The molecule has 0 spiro atoms. The number of aromatic nitrogens is 2. The maximum atomic E-state index is 13.1. The zero-order valence-electron chi connectivity index (χ0n) is 15.1. The van der Waals surface area contributed by atoms with Gasteiger partial charge in [0.2, 0.25) is 0 Å². The lowest BCUT2D eigenvalue weighted by Crippen LogP contribution is -2.18. The van der Waals surface area contributed by atoms with Crippen LogP contribution in [-0.2, 0) is 28.4 Å². The third kappa shape index (κ3) is 4.35. The Morgan fingerprint density at radius 1 is 1.46 bits per heavy atom. The van der Waals surface area contributed by atoms with Crippen LogP contribution >= 0.6 is 11.3 Å². The van der Waals surface area contributed by atoms with Crippen LogP contribution < -0.4 is 10.5 Å². The topological polar surface area (TPSA) is 131 Å². The van der Waals surface area contributed by atoms with Gasteiger partial charge in [0.05, 0.1) is 6.20 Å². The zero-order valence-corrected chi connectivity index (χ0v) is 16.7. The van der Waals surface area contributed by atoms with E-state index < -0.39 is 33.7 Å². The first-order chi connectivity index (χ1) is 13.0. The molecule has 1 aliphatic carbocycles. The Labute approximate surface area is 164 Å². The van der Waals surface area contributed by atoms with Crippen molar-refractivity contribution in [2.45, 2.75) is 49.3 Å². The lowest BCUT2D eigenvalue weighted by Gasteiger charge is -2.12. The highest BCUT2D eigenvalue weighted by Gasteiger charge is 2.25. The average Bonchev–Trinajstić information content (AvgIpc) is 3.23. The number of aryl methyl sites for hydroxylation is 1. The summed E-state index contributed by atoms with van der Waals surface area (Å²) in [6.07, 6.45) is 0.280. The Kier molecular flexibility index (Phi) is 5.49. The summed E-state index contributed by atoms with van der Waals surface area (Å²) in [5.74, 6) is 0. The fourth-order valence-corrected chi connectivity index (χ4v) is 4.83. The van der Waals surface area contributed by atoms with E-state index in [1.165, 1.54) is 20.0 Å². The molecule has 1 aliphatic rings. The van der Waals surface area contributed by atoms with Crippen molar-refractivity contribution < 1.29 is 22.9 Å². The van der Waals surface area contributed by atoms with Gasteiger partial charge in [0.25, 0.3) is 6.43 Å². The van der Waals surface area contributed by atoms with Crippen molar-refractivity contribution >= 4 is 33.0 Å². The SMILES string of the molecule is CC(C)(O)c1ncc(S(N)(=O)=NC(=O)Nc2cc(C(F)F)nc3c2CCC3)s1. The first-order valence-corrected chi connectivity index (χ1v) is 10.7. The minimum absolute atomic E-state index is 0.0213. The lowest BCUT2D eigenvalue weighted by molar-refractivity contribution is 0.0783. The third-order valence-corrected chi connectivity index (χ3v) is 7.24. The molecular formula is C16H19F2N5O3S2. The van der Waals surface area contributed by atoms with Gasteiger partial charge in [-0.3, -0.25) is 4.98 Å². The number of hydrogen-bond acceptors (Lipinski definition) is 6. The number of urea groups is 1. The van der Waals surface area contributed by atoms with Gasteiger partial charge in [0.1, 0.15) is 20.5 Å². The van der Waals surface area contributed by atoms with Crippen molar-refractivity contribution in [2.75, 3.05) is 5.32 Å². The number of hydrogen-bond donors (Lipinski definition) is 3. The molecule has 12 heteroatoms. The molecule has 0 fully saturated rings. The van der Waals surface area contributed by atoms with Crippen molar-refractivity contribution in [3.8, 4) is 0 Å². The monoisotopic (exact) mass is 431 g/mol. The molecular weight excluding hydrogens is 412 g/mol. The number of halogens is 2. The Bertz CT molecular complexity index is 1040. The van der Waals surface area contributed by atoms with Crippen molar-refractivity contribution in [1.29, 1.82) is 0 Å². The minimum atomic E-state index is -3.62. The molecule has 2 amide bonds. The van der Waals surface area contributed by atoms with Crippen LogP contribution in [0.1, 0.15) is 48.7 Å². The second-order valence-electron chi connectivity index (χ2n) is 6.81. The van der Waals surface area contributed by atoms with Gasteiger partial charge in [0.15, 0.2) is 9.92 Å². The van der Waals surface area contributed by atoms with E-state index in [0.717, 1.165) is 23.8 Å². The van der Waals surface area contributed by atoms with Gasteiger partial charge in [-0.2, -0.15) is 0 Å². The Morgan fingerprint density at radius 2 is 2.18 bits per heavy atom. The van der Waals surface area contributed by atoms with Gasteiger partial charge in [-0.05, 0) is 44.7 Å². The van der Waals surface area contributed by atoms with Crippen LogP contribution in [0.3, 0.4) is 0 Å². The number of alkyl halides is 2. The van der Waals surface area contributed by atoms with E-state index in [1.54, 1.807) is 0 Å². The molecule has 1 unspecified atom stereocenters. The van der Waals surface area contributed by atoms with Crippen molar-refractivity contribution in [3.63, 3.8) is 0 Å². The number of nitrogens with two attached hydrogens (primary N) is 1. The van der Waals surface area contributed by atoms with Gasteiger partial charge >= 0.3 is 6.03 Å². The van der Waals surface area contributed by atoms with Crippen LogP contribution in [0.5, 0.6) is 0 Å². The molecule has 0 saturated carbocycles. The Hall–Kier alpha value is -2.02. The summed E-state index contributed by atoms with van der Waals surface area (Å²) in [7, 11) is -3.62. The van der Waals surface area contributed by atoms with E-state index in [0.29, 0.717) is 24.1 Å². The van der Waals surface area contributed by atoms with E-state index in [1.807, 2.05) is 0 Å². The second-order valence-corrected chi connectivity index (χ2v) is 9.86. The molecule has 152 valence electrons. The predicted octanol–water partition coefficient (Wildman–Crippen LogP) is 3.12. The summed E-state index contributed by atoms with van der Waals surface area (Å²) in [6.45, 7) is 3.00. The first-order valence-electron chi connectivity index (χ1n) is 8.33. The fourth-order valence-electron chi connectivity index (χ4n) is 2.77. The highest BCUT2D eigenvalue weighted by molar-refractivity contribution is 7.93. The van der Waals surface area contributed by atoms with Gasteiger partial charge in [-0.15, -0.1) is 15.7 Å². The number of carbonyl (C=O) groups is 1. The maximum absolute atomic E-state index is 13.1. The number of nitrogens with zero attached hydrogens (tertiary/aromatic N) is 3. The number of anilines is 1.